The van der Waals surface area contributed by atoms with Gasteiger partial charge in [-0.3, -0.25) is 4.79 Å². The van der Waals surface area contributed by atoms with Crippen LogP contribution >= 0.6 is 0 Å². The molecule has 0 bridgehead atoms. The largest absolute Gasteiger partial charge is 0.465 e. The molecule has 1 unspecified atom stereocenters. The first-order valence-corrected chi connectivity index (χ1v) is 6.60. The van der Waals surface area contributed by atoms with Gasteiger partial charge in [-0.15, -0.1) is 0 Å². The van der Waals surface area contributed by atoms with E-state index in [4.69, 9.17) is 4.74 Å². The lowest BCUT2D eigenvalue weighted by molar-refractivity contribution is -0.148. The Hall–Kier alpha value is -0.530. The number of rotatable bonds is 8. The van der Waals surface area contributed by atoms with Gasteiger partial charge >= 0.3 is 5.97 Å². The average molecular weight is 228 g/mol. The van der Waals surface area contributed by atoms with Crippen molar-refractivity contribution in [1.29, 1.82) is 0 Å². The lowest BCUT2D eigenvalue weighted by Gasteiger charge is -2.12. The Morgan fingerprint density at radius 1 is 0.938 bits per heavy atom. The van der Waals surface area contributed by atoms with E-state index < -0.39 is 0 Å². The van der Waals surface area contributed by atoms with Gasteiger partial charge in [0.25, 0.3) is 0 Å². The van der Waals surface area contributed by atoms with Gasteiger partial charge in [0.05, 0.1) is 12.5 Å². The summed E-state index contributed by atoms with van der Waals surface area (Å²) in [6.07, 6.45) is 4.24. The van der Waals surface area contributed by atoms with Crippen molar-refractivity contribution in [3.8, 4) is 0 Å². The fourth-order valence-corrected chi connectivity index (χ4v) is 1.49. The number of hydrogen-bond acceptors (Lipinski definition) is 2. The molecule has 0 aliphatic carbocycles. The van der Waals surface area contributed by atoms with Crippen molar-refractivity contribution in [2.45, 2.75) is 60.3 Å². The molecule has 0 N–H and O–H groups in total. The Kier molecular flexibility index (Phi) is 8.32. The highest BCUT2D eigenvalue weighted by molar-refractivity contribution is 5.71. The molecule has 0 aliphatic rings. The molecule has 0 aromatic heterocycles. The van der Waals surface area contributed by atoms with E-state index in [1.165, 1.54) is 6.42 Å². The Morgan fingerprint density at radius 2 is 1.50 bits per heavy atom. The van der Waals surface area contributed by atoms with Crippen LogP contribution in [0.2, 0.25) is 0 Å². The van der Waals surface area contributed by atoms with E-state index >= 15 is 0 Å². The third-order valence-electron chi connectivity index (χ3n) is 2.76. The second-order valence-electron chi connectivity index (χ2n) is 5.58. The molecule has 16 heavy (non-hydrogen) atoms. The summed E-state index contributed by atoms with van der Waals surface area (Å²) in [5.74, 6) is 1.36. The van der Waals surface area contributed by atoms with E-state index in [-0.39, 0.29) is 11.9 Å². The van der Waals surface area contributed by atoms with Crippen LogP contribution in [-0.2, 0) is 9.53 Å². The van der Waals surface area contributed by atoms with Crippen LogP contribution < -0.4 is 0 Å². The molecule has 0 spiro atoms. The van der Waals surface area contributed by atoms with E-state index in [1.54, 1.807) is 0 Å². The van der Waals surface area contributed by atoms with Crippen LogP contribution in [0.4, 0.5) is 0 Å². The van der Waals surface area contributed by atoms with E-state index in [0.29, 0.717) is 12.5 Å². The summed E-state index contributed by atoms with van der Waals surface area (Å²) in [6.45, 7) is 11.3. The van der Waals surface area contributed by atoms with Gasteiger partial charge < -0.3 is 4.74 Å². The van der Waals surface area contributed by atoms with Crippen molar-refractivity contribution in [2.24, 2.45) is 17.8 Å². The van der Waals surface area contributed by atoms with E-state index in [9.17, 15) is 4.79 Å². The molecule has 1 atom stereocenters. The summed E-state index contributed by atoms with van der Waals surface area (Å²) in [6, 6.07) is 0. The maximum Gasteiger partial charge on any atom is 0.308 e. The van der Waals surface area contributed by atoms with Gasteiger partial charge in [-0.1, -0.05) is 47.5 Å². The van der Waals surface area contributed by atoms with Gasteiger partial charge in [0.15, 0.2) is 0 Å². The molecule has 0 saturated heterocycles. The van der Waals surface area contributed by atoms with Crippen molar-refractivity contribution in [3.63, 3.8) is 0 Å². The van der Waals surface area contributed by atoms with Gasteiger partial charge in [0.1, 0.15) is 0 Å². The van der Waals surface area contributed by atoms with E-state index in [0.717, 1.165) is 25.2 Å². The normalized spacial score (nSPS) is 13.2. The summed E-state index contributed by atoms with van der Waals surface area (Å²) in [4.78, 5) is 11.6. The molecule has 0 aromatic rings. The summed E-state index contributed by atoms with van der Waals surface area (Å²) in [5, 5.41) is 0. The molecular weight excluding hydrogens is 200 g/mol. The summed E-state index contributed by atoms with van der Waals surface area (Å²) in [5.41, 5.74) is 0. The molecule has 96 valence electrons. The van der Waals surface area contributed by atoms with Crippen molar-refractivity contribution in [3.05, 3.63) is 0 Å². The van der Waals surface area contributed by atoms with Gasteiger partial charge in [0, 0.05) is 0 Å². The molecule has 0 amide bonds. The first kappa shape index (κ1) is 15.5. The Bertz CT molecular complexity index is 185. The quantitative estimate of drug-likeness (QED) is 0.586. The number of hydrogen-bond donors (Lipinski definition) is 0. The summed E-state index contributed by atoms with van der Waals surface area (Å²) >= 11 is 0. The van der Waals surface area contributed by atoms with Gasteiger partial charge in [-0.25, -0.2) is 0 Å². The lowest BCUT2D eigenvalue weighted by atomic mass is 10.00. The highest BCUT2D eigenvalue weighted by Crippen LogP contribution is 2.14. The van der Waals surface area contributed by atoms with Crippen molar-refractivity contribution < 1.29 is 9.53 Å². The predicted octanol–water partition coefficient (Wildman–Crippen LogP) is 4.04. The minimum absolute atomic E-state index is 0.0237. The molecule has 2 heteroatoms. The molecule has 0 aromatic carbocycles. The first-order valence-electron chi connectivity index (χ1n) is 6.60. The van der Waals surface area contributed by atoms with Crippen LogP contribution in [0.3, 0.4) is 0 Å². The maximum atomic E-state index is 11.6. The Balaban J connectivity index is 3.57. The number of carbonyl (C=O) groups is 1. The minimum Gasteiger partial charge on any atom is -0.465 e. The van der Waals surface area contributed by atoms with Crippen LogP contribution in [0, 0.1) is 17.8 Å². The smallest absolute Gasteiger partial charge is 0.308 e. The Morgan fingerprint density at radius 3 is 2.00 bits per heavy atom. The van der Waals surface area contributed by atoms with Crippen LogP contribution in [0.25, 0.3) is 0 Å². The van der Waals surface area contributed by atoms with Crippen LogP contribution in [-0.4, -0.2) is 12.6 Å². The zero-order chi connectivity index (χ0) is 12.6. The second kappa shape index (κ2) is 8.60. The average Bonchev–Trinajstić information content (AvgIpc) is 2.16. The van der Waals surface area contributed by atoms with Crippen LogP contribution in [0.15, 0.2) is 0 Å². The fraction of sp³-hybridized carbons (Fsp3) is 0.929. The van der Waals surface area contributed by atoms with Gasteiger partial charge in [-0.2, -0.15) is 0 Å². The van der Waals surface area contributed by atoms with Crippen LogP contribution in [0.5, 0.6) is 0 Å². The third-order valence-corrected chi connectivity index (χ3v) is 2.76. The highest BCUT2D eigenvalue weighted by Gasteiger charge is 2.14. The molecule has 0 heterocycles. The zero-order valence-electron chi connectivity index (χ0n) is 11.6. The molecular formula is C14H28O2. The minimum atomic E-state index is -0.0237. The topological polar surface area (TPSA) is 26.3 Å². The Labute approximate surface area is 101 Å². The van der Waals surface area contributed by atoms with Crippen molar-refractivity contribution >= 4 is 5.97 Å². The summed E-state index contributed by atoms with van der Waals surface area (Å²) in [7, 11) is 0. The monoisotopic (exact) mass is 228 g/mol. The molecule has 0 fully saturated rings. The highest BCUT2D eigenvalue weighted by atomic mass is 16.5. The third kappa shape index (κ3) is 8.75. The zero-order valence-corrected chi connectivity index (χ0v) is 11.6. The number of esters is 1. The SMILES string of the molecule is CC(C)CCCC(C)C(=O)OCCC(C)C. The van der Waals surface area contributed by atoms with Gasteiger partial charge in [-0.05, 0) is 24.7 Å². The molecule has 0 rings (SSSR count). The van der Waals surface area contributed by atoms with Crippen molar-refractivity contribution in [1.82, 2.24) is 0 Å². The number of ether oxygens (including phenoxy) is 1. The standard InChI is InChI=1S/C14H28O2/c1-11(2)7-6-8-13(5)14(15)16-10-9-12(3)4/h11-13H,6-10H2,1-5H3. The van der Waals surface area contributed by atoms with Crippen LogP contribution in [0.1, 0.15) is 60.3 Å². The fourth-order valence-electron chi connectivity index (χ4n) is 1.49. The number of carbonyl (C=O) groups excluding carboxylic acids is 1. The van der Waals surface area contributed by atoms with Crippen molar-refractivity contribution in [2.75, 3.05) is 6.61 Å². The molecule has 0 radical (unpaired) electrons. The molecule has 0 saturated carbocycles. The summed E-state index contributed by atoms with van der Waals surface area (Å²) < 4.78 is 5.23. The first-order chi connectivity index (χ1) is 7.43. The maximum absolute atomic E-state index is 11.6. The van der Waals surface area contributed by atoms with E-state index in [2.05, 4.69) is 27.7 Å². The second-order valence-corrected chi connectivity index (χ2v) is 5.58. The molecule has 0 aliphatic heterocycles. The predicted molar refractivity (Wildman–Crippen MR) is 68.3 cm³/mol. The molecule has 2 nitrogen and oxygen atoms in total. The lowest BCUT2D eigenvalue weighted by Crippen LogP contribution is -2.16. The van der Waals surface area contributed by atoms with Gasteiger partial charge in [0.2, 0.25) is 0 Å². The van der Waals surface area contributed by atoms with E-state index in [1.807, 2.05) is 6.92 Å².